The van der Waals surface area contributed by atoms with Gasteiger partial charge in [0.2, 0.25) is 11.8 Å². The largest absolute Gasteiger partial charge is 0.459 e. The number of carbonyl (C=O) groups is 4. The smallest absolute Gasteiger partial charge is 0.407 e. The average Bonchev–Trinajstić information content (AvgIpc) is 3.51. The SMILES string of the molecule is Cc1cc(=O)n(CC(=O)OC(C)(C)C)c2cc(NC(=O)[C@H](CCCCN)NC(=O)[C@H](CC3CCCCC3)NC(=O)OCC3c4ccccc4-c4ccccc43)ccc12. The second kappa shape index (κ2) is 18.8. The number of rotatable bonds is 15. The highest BCUT2D eigenvalue weighted by Crippen LogP contribution is 2.44. The van der Waals surface area contributed by atoms with Gasteiger partial charge in [0, 0.05) is 23.1 Å². The molecule has 2 aliphatic rings. The molecule has 1 aromatic heterocycles. The lowest BCUT2D eigenvalue weighted by atomic mass is 9.84. The summed E-state index contributed by atoms with van der Waals surface area (Å²) in [6.07, 6.45) is 6.44. The lowest BCUT2D eigenvalue weighted by molar-refractivity contribution is -0.155. The van der Waals surface area contributed by atoms with E-state index in [2.05, 4.69) is 40.2 Å². The lowest BCUT2D eigenvalue weighted by Gasteiger charge is -2.28. The Morgan fingerprint density at radius 1 is 0.845 bits per heavy atom. The highest BCUT2D eigenvalue weighted by molar-refractivity contribution is 6.00. The summed E-state index contributed by atoms with van der Waals surface area (Å²) in [6, 6.07) is 21.0. The molecule has 5 N–H and O–H groups in total. The van der Waals surface area contributed by atoms with Gasteiger partial charge in [0.15, 0.2) is 0 Å². The van der Waals surface area contributed by atoms with Crippen LogP contribution in [0.4, 0.5) is 10.5 Å². The van der Waals surface area contributed by atoms with E-state index in [9.17, 15) is 24.0 Å². The number of hydrogen-bond acceptors (Lipinski definition) is 8. The lowest BCUT2D eigenvalue weighted by Crippen LogP contribution is -2.53. The number of amides is 3. The molecule has 12 nitrogen and oxygen atoms in total. The molecule has 3 amide bonds. The van der Waals surface area contributed by atoms with Crippen LogP contribution >= 0.6 is 0 Å². The molecule has 3 aromatic carbocycles. The van der Waals surface area contributed by atoms with E-state index in [4.69, 9.17) is 15.2 Å². The van der Waals surface area contributed by atoms with Gasteiger partial charge in [-0.1, -0.05) is 86.7 Å². The van der Waals surface area contributed by atoms with E-state index in [1.165, 1.54) is 10.6 Å². The van der Waals surface area contributed by atoms with Crippen molar-refractivity contribution in [2.75, 3.05) is 18.5 Å². The first-order chi connectivity index (χ1) is 27.8. The van der Waals surface area contributed by atoms with Crippen molar-refractivity contribution in [2.24, 2.45) is 11.7 Å². The average molecular weight is 792 g/mol. The maximum absolute atomic E-state index is 14.2. The molecular weight excluding hydrogens is 735 g/mol. The Bertz CT molecular complexity index is 2140. The number of aromatic nitrogens is 1. The molecule has 2 aliphatic carbocycles. The Morgan fingerprint density at radius 2 is 1.52 bits per heavy atom. The molecule has 0 unspecified atom stereocenters. The molecule has 2 atom stereocenters. The van der Waals surface area contributed by atoms with E-state index in [-0.39, 0.29) is 30.5 Å². The number of aryl methyl sites for hydroxylation is 1. The second-order valence-corrected chi connectivity index (χ2v) is 16.7. The van der Waals surface area contributed by atoms with Crippen molar-refractivity contribution in [3.8, 4) is 11.1 Å². The van der Waals surface area contributed by atoms with Gasteiger partial charge in [-0.25, -0.2) is 4.79 Å². The summed E-state index contributed by atoms with van der Waals surface area (Å²) in [7, 11) is 0. The second-order valence-electron chi connectivity index (χ2n) is 16.7. The normalized spacial score (nSPS) is 15.2. The number of unbranched alkanes of at least 4 members (excludes halogenated alkanes) is 1. The molecule has 1 saturated carbocycles. The molecule has 4 aromatic rings. The van der Waals surface area contributed by atoms with Crippen molar-refractivity contribution in [2.45, 2.75) is 116 Å². The molecule has 0 spiro atoms. The summed E-state index contributed by atoms with van der Waals surface area (Å²) in [4.78, 5) is 67.6. The van der Waals surface area contributed by atoms with Crippen LogP contribution in [0.2, 0.25) is 0 Å². The van der Waals surface area contributed by atoms with E-state index in [0.29, 0.717) is 43.4 Å². The summed E-state index contributed by atoms with van der Waals surface area (Å²) >= 11 is 0. The maximum Gasteiger partial charge on any atom is 0.407 e. The van der Waals surface area contributed by atoms with Gasteiger partial charge in [0.05, 0.1) is 5.52 Å². The Morgan fingerprint density at radius 3 is 2.17 bits per heavy atom. The number of esters is 1. The van der Waals surface area contributed by atoms with E-state index >= 15 is 0 Å². The quantitative estimate of drug-likeness (QED) is 0.0731. The number of nitrogens with one attached hydrogen (secondary N) is 3. The molecule has 0 radical (unpaired) electrons. The number of benzene rings is 3. The molecular formula is C46H57N5O7. The summed E-state index contributed by atoms with van der Waals surface area (Å²) in [6.45, 7) is 7.31. The number of anilines is 1. The zero-order valence-electron chi connectivity index (χ0n) is 34.1. The predicted octanol–water partition coefficient (Wildman–Crippen LogP) is 7.08. The van der Waals surface area contributed by atoms with Crippen LogP contribution in [0.1, 0.15) is 101 Å². The van der Waals surface area contributed by atoms with Crippen LogP contribution in [0.15, 0.2) is 77.6 Å². The van der Waals surface area contributed by atoms with Crippen LogP contribution in [0, 0.1) is 12.8 Å². The van der Waals surface area contributed by atoms with Gasteiger partial charge in [0.1, 0.15) is 30.8 Å². The number of carbonyl (C=O) groups excluding carboxylic acids is 4. The predicted molar refractivity (Wildman–Crippen MR) is 225 cm³/mol. The van der Waals surface area contributed by atoms with Crippen molar-refractivity contribution in [3.05, 3.63) is 99.8 Å². The number of pyridine rings is 1. The Kier molecular flexibility index (Phi) is 13.7. The first kappa shape index (κ1) is 42.1. The van der Waals surface area contributed by atoms with Gasteiger partial charge in [-0.15, -0.1) is 0 Å². The first-order valence-corrected chi connectivity index (χ1v) is 20.6. The number of nitrogens with two attached hydrogens (primary N) is 1. The molecule has 1 fully saturated rings. The third-order valence-corrected chi connectivity index (χ3v) is 11.1. The fraction of sp³-hybridized carbons (Fsp3) is 0.457. The van der Waals surface area contributed by atoms with Crippen molar-refractivity contribution in [3.63, 3.8) is 0 Å². The fourth-order valence-corrected chi connectivity index (χ4v) is 8.33. The van der Waals surface area contributed by atoms with Crippen molar-refractivity contribution in [1.82, 2.24) is 15.2 Å². The van der Waals surface area contributed by atoms with Gasteiger partial charge in [-0.3, -0.25) is 23.7 Å². The Labute approximate surface area is 340 Å². The van der Waals surface area contributed by atoms with E-state index < -0.39 is 41.6 Å². The van der Waals surface area contributed by atoms with E-state index in [1.54, 1.807) is 39.0 Å². The van der Waals surface area contributed by atoms with Crippen LogP contribution in [0.5, 0.6) is 0 Å². The Balaban J connectivity index is 1.18. The molecule has 1 heterocycles. The minimum absolute atomic E-state index is 0.110. The fourth-order valence-electron chi connectivity index (χ4n) is 8.33. The van der Waals surface area contributed by atoms with Crippen molar-refractivity contribution < 1.29 is 28.7 Å². The van der Waals surface area contributed by atoms with Gasteiger partial charge in [-0.05, 0) is 106 Å². The summed E-state index contributed by atoms with van der Waals surface area (Å²) in [5.74, 6) is -1.39. The number of ether oxygens (including phenoxy) is 2. The molecule has 308 valence electrons. The summed E-state index contributed by atoms with van der Waals surface area (Å²) < 4.78 is 12.7. The third-order valence-electron chi connectivity index (χ3n) is 11.1. The minimum Gasteiger partial charge on any atom is -0.459 e. The number of fused-ring (bicyclic) bond motifs is 4. The standard InChI is InChI=1S/C46H57N5O7/c1-29-24-41(52)51(27-42(53)58-46(2,3)4)40-26-31(21-22-32(29)40)48-43(54)38(20-12-13-23-47)49-44(55)39(25-30-14-6-5-7-15-30)50-45(56)57-28-37-35-18-10-8-16-33(35)34-17-9-11-19-36(34)37/h8-11,16-19,21-22,24,26,30,37-39H,5-7,12-15,20,23,25,27-28,47H2,1-4H3,(H,48,54)(H,49,55)(H,50,56)/t38-,39-/m0/s1. The number of hydrogen-bond donors (Lipinski definition) is 4. The molecule has 0 saturated heterocycles. The molecule has 6 rings (SSSR count). The van der Waals surface area contributed by atoms with E-state index in [0.717, 1.165) is 65.3 Å². The van der Waals surface area contributed by atoms with Gasteiger partial charge in [0.25, 0.3) is 5.56 Å². The zero-order chi connectivity index (χ0) is 41.4. The van der Waals surface area contributed by atoms with E-state index in [1.807, 2.05) is 31.2 Å². The number of nitrogens with zero attached hydrogens (tertiary/aromatic N) is 1. The molecule has 0 bridgehead atoms. The van der Waals surface area contributed by atoms with Crippen molar-refractivity contribution in [1.29, 1.82) is 0 Å². The van der Waals surface area contributed by atoms with Crippen LogP contribution in [-0.4, -0.2) is 59.3 Å². The van der Waals surface area contributed by atoms with Crippen LogP contribution in [-0.2, 0) is 30.4 Å². The van der Waals surface area contributed by atoms with Crippen LogP contribution < -0.4 is 27.2 Å². The van der Waals surface area contributed by atoms with Crippen molar-refractivity contribution >= 4 is 40.5 Å². The maximum atomic E-state index is 14.2. The number of alkyl carbamates (subject to hydrolysis) is 1. The Hall–Kier alpha value is -5.49. The van der Waals surface area contributed by atoms with Crippen LogP contribution in [0.3, 0.4) is 0 Å². The monoisotopic (exact) mass is 791 g/mol. The van der Waals surface area contributed by atoms with Gasteiger partial charge >= 0.3 is 12.1 Å². The highest BCUT2D eigenvalue weighted by Gasteiger charge is 2.32. The zero-order valence-corrected chi connectivity index (χ0v) is 34.1. The topological polar surface area (TPSA) is 171 Å². The highest BCUT2D eigenvalue weighted by atomic mass is 16.6. The molecule has 12 heteroatoms. The van der Waals surface area contributed by atoms with Crippen LogP contribution in [0.25, 0.3) is 22.0 Å². The summed E-state index contributed by atoms with van der Waals surface area (Å²) in [5.41, 5.74) is 10.7. The molecule has 0 aliphatic heterocycles. The van der Waals surface area contributed by atoms with Gasteiger partial charge < -0.3 is 31.2 Å². The first-order valence-electron chi connectivity index (χ1n) is 20.6. The van der Waals surface area contributed by atoms with Gasteiger partial charge in [-0.2, -0.15) is 0 Å². The minimum atomic E-state index is -0.950. The molecule has 58 heavy (non-hydrogen) atoms. The summed E-state index contributed by atoms with van der Waals surface area (Å²) in [5, 5.41) is 9.48. The third kappa shape index (κ3) is 10.5.